The van der Waals surface area contributed by atoms with Gasteiger partial charge in [0.15, 0.2) is 0 Å². The van der Waals surface area contributed by atoms with Crippen LogP contribution in [0.4, 0.5) is 0 Å². The first-order valence-corrected chi connectivity index (χ1v) is 10.7. The Labute approximate surface area is 184 Å². The van der Waals surface area contributed by atoms with E-state index in [1.165, 1.54) is 14.2 Å². The van der Waals surface area contributed by atoms with Crippen LogP contribution >= 0.6 is 0 Å². The second kappa shape index (κ2) is 13.4. The van der Waals surface area contributed by atoms with Crippen LogP contribution in [0.1, 0.15) is 53.6 Å². The first kappa shape index (κ1) is 24.4. The maximum atomic E-state index is 12.3. The van der Waals surface area contributed by atoms with Gasteiger partial charge in [-0.3, -0.25) is 4.79 Å². The molecule has 0 amide bonds. The quantitative estimate of drug-likeness (QED) is 0.378. The lowest BCUT2D eigenvalue weighted by Crippen LogP contribution is -2.19. The monoisotopic (exact) mass is 428 g/mol. The van der Waals surface area contributed by atoms with E-state index in [9.17, 15) is 9.59 Å². The van der Waals surface area contributed by atoms with Crippen molar-refractivity contribution < 1.29 is 28.9 Å². The van der Waals surface area contributed by atoms with Gasteiger partial charge in [0, 0.05) is 12.2 Å². The number of aliphatic hydroxyl groups excluding tert-OH is 1. The van der Waals surface area contributed by atoms with Gasteiger partial charge in [0.1, 0.15) is 12.4 Å². The van der Waals surface area contributed by atoms with E-state index in [0.717, 1.165) is 43.2 Å². The second-order valence-electron chi connectivity index (χ2n) is 7.40. The van der Waals surface area contributed by atoms with Crippen molar-refractivity contribution in [3.63, 3.8) is 0 Å². The Morgan fingerprint density at radius 2 is 1.55 bits per heavy atom. The fourth-order valence-corrected chi connectivity index (χ4v) is 3.52. The standard InChI is InChI=1S/C25H32O6/c1-29-24(27)20(12-5-3-4-10-16-26)17-19-11-7-9-15-23(19)31-18-21-13-6-8-14-22(21)25(28)30-2/h6-9,11,13-15,20,26H,3-5,10,12,16-18H2,1-2H3. The van der Waals surface area contributed by atoms with Gasteiger partial charge in [-0.2, -0.15) is 0 Å². The van der Waals surface area contributed by atoms with Crippen molar-refractivity contribution in [3.05, 3.63) is 65.2 Å². The van der Waals surface area contributed by atoms with Gasteiger partial charge >= 0.3 is 11.9 Å². The Morgan fingerprint density at radius 1 is 0.871 bits per heavy atom. The highest BCUT2D eigenvalue weighted by Gasteiger charge is 2.21. The maximum absolute atomic E-state index is 12.3. The molecule has 0 radical (unpaired) electrons. The molecule has 0 spiro atoms. The number of ether oxygens (including phenoxy) is 3. The average Bonchev–Trinajstić information content (AvgIpc) is 2.81. The van der Waals surface area contributed by atoms with E-state index in [2.05, 4.69) is 0 Å². The molecule has 0 fully saturated rings. The van der Waals surface area contributed by atoms with E-state index in [1.54, 1.807) is 12.1 Å². The van der Waals surface area contributed by atoms with Crippen LogP contribution in [-0.4, -0.2) is 37.9 Å². The summed E-state index contributed by atoms with van der Waals surface area (Å²) in [7, 11) is 2.76. The largest absolute Gasteiger partial charge is 0.489 e. The summed E-state index contributed by atoms with van der Waals surface area (Å²) in [5, 5.41) is 8.91. The molecule has 6 nitrogen and oxygen atoms in total. The van der Waals surface area contributed by atoms with Crippen LogP contribution in [-0.2, 0) is 27.3 Å². The molecule has 1 atom stereocenters. The molecule has 0 aliphatic carbocycles. The van der Waals surface area contributed by atoms with Crippen LogP contribution < -0.4 is 4.74 Å². The first-order chi connectivity index (χ1) is 15.1. The molecule has 1 N–H and O–H groups in total. The number of esters is 2. The number of para-hydroxylation sites is 1. The number of aliphatic hydroxyl groups is 1. The number of carbonyl (C=O) groups excluding carboxylic acids is 2. The van der Waals surface area contributed by atoms with E-state index in [4.69, 9.17) is 19.3 Å². The number of methoxy groups -OCH3 is 2. The van der Waals surface area contributed by atoms with Gasteiger partial charge in [-0.25, -0.2) is 4.79 Å². The maximum Gasteiger partial charge on any atom is 0.338 e. The van der Waals surface area contributed by atoms with Crippen molar-refractivity contribution in [1.82, 2.24) is 0 Å². The Morgan fingerprint density at radius 3 is 2.26 bits per heavy atom. The summed E-state index contributed by atoms with van der Waals surface area (Å²) in [6.45, 7) is 0.413. The summed E-state index contributed by atoms with van der Waals surface area (Å²) < 4.78 is 15.9. The van der Waals surface area contributed by atoms with Crippen molar-refractivity contribution >= 4 is 11.9 Å². The molecule has 0 aliphatic heterocycles. The fraction of sp³-hybridized carbons (Fsp3) is 0.440. The smallest absolute Gasteiger partial charge is 0.338 e. The third kappa shape index (κ3) is 7.72. The summed E-state index contributed by atoms with van der Waals surface area (Å²) >= 11 is 0. The van der Waals surface area contributed by atoms with Crippen molar-refractivity contribution in [1.29, 1.82) is 0 Å². The van der Waals surface area contributed by atoms with Gasteiger partial charge in [0.05, 0.1) is 25.7 Å². The minimum Gasteiger partial charge on any atom is -0.489 e. The lowest BCUT2D eigenvalue weighted by Gasteiger charge is -2.18. The van der Waals surface area contributed by atoms with Gasteiger partial charge in [0.25, 0.3) is 0 Å². The Kier molecular flexibility index (Phi) is 10.6. The molecule has 6 heteroatoms. The molecular weight excluding hydrogens is 396 g/mol. The normalized spacial score (nSPS) is 11.6. The van der Waals surface area contributed by atoms with Crippen LogP contribution in [0, 0.1) is 5.92 Å². The molecular formula is C25H32O6. The molecule has 0 saturated carbocycles. The van der Waals surface area contributed by atoms with E-state index in [0.29, 0.717) is 17.7 Å². The van der Waals surface area contributed by atoms with Gasteiger partial charge in [-0.1, -0.05) is 55.7 Å². The summed E-state index contributed by atoms with van der Waals surface area (Å²) in [6.07, 6.45) is 4.83. The Hall–Kier alpha value is -2.86. The number of unbranched alkanes of at least 4 members (excludes halogenated alkanes) is 3. The molecule has 0 aliphatic rings. The second-order valence-corrected chi connectivity index (χ2v) is 7.40. The number of hydrogen-bond acceptors (Lipinski definition) is 6. The minimum absolute atomic E-state index is 0.199. The van der Waals surface area contributed by atoms with E-state index >= 15 is 0 Å². The minimum atomic E-state index is -0.403. The molecule has 2 aromatic rings. The van der Waals surface area contributed by atoms with Gasteiger partial charge in [-0.15, -0.1) is 0 Å². The molecule has 31 heavy (non-hydrogen) atoms. The Bertz CT molecular complexity index is 832. The van der Waals surface area contributed by atoms with Crippen LogP contribution in [0.25, 0.3) is 0 Å². The molecule has 0 saturated heterocycles. The van der Waals surface area contributed by atoms with Crippen LogP contribution in [0.2, 0.25) is 0 Å². The van der Waals surface area contributed by atoms with E-state index in [1.807, 2.05) is 36.4 Å². The van der Waals surface area contributed by atoms with Crippen molar-refractivity contribution in [2.75, 3.05) is 20.8 Å². The molecule has 1 unspecified atom stereocenters. The van der Waals surface area contributed by atoms with Crippen LogP contribution in [0.15, 0.2) is 48.5 Å². The highest BCUT2D eigenvalue weighted by molar-refractivity contribution is 5.90. The molecule has 2 aromatic carbocycles. The predicted octanol–water partition coefficient (Wildman–Crippen LogP) is 4.33. The van der Waals surface area contributed by atoms with Gasteiger partial charge < -0.3 is 19.3 Å². The van der Waals surface area contributed by atoms with Gasteiger partial charge in [-0.05, 0) is 37.0 Å². The zero-order valence-electron chi connectivity index (χ0n) is 18.3. The van der Waals surface area contributed by atoms with Crippen molar-refractivity contribution in [3.8, 4) is 5.75 Å². The first-order valence-electron chi connectivity index (χ1n) is 10.7. The van der Waals surface area contributed by atoms with Crippen molar-refractivity contribution in [2.24, 2.45) is 5.92 Å². The zero-order chi connectivity index (χ0) is 22.5. The molecule has 0 aromatic heterocycles. The third-order valence-electron chi connectivity index (χ3n) is 5.24. The zero-order valence-corrected chi connectivity index (χ0v) is 18.3. The predicted molar refractivity (Wildman–Crippen MR) is 118 cm³/mol. The number of rotatable bonds is 13. The summed E-state index contributed by atoms with van der Waals surface area (Å²) in [6, 6.07) is 14.8. The SMILES string of the molecule is COC(=O)c1ccccc1COc1ccccc1CC(CCCCCCO)C(=O)OC. The Balaban J connectivity index is 2.08. The number of hydrogen-bond donors (Lipinski definition) is 1. The molecule has 0 bridgehead atoms. The average molecular weight is 429 g/mol. The summed E-state index contributed by atoms with van der Waals surface area (Å²) in [5.41, 5.74) is 2.12. The topological polar surface area (TPSA) is 82.1 Å². The highest BCUT2D eigenvalue weighted by Crippen LogP contribution is 2.26. The van der Waals surface area contributed by atoms with Crippen molar-refractivity contribution in [2.45, 2.75) is 45.1 Å². The fourth-order valence-electron chi connectivity index (χ4n) is 3.52. The lowest BCUT2D eigenvalue weighted by molar-refractivity contribution is -0.145. The lowest BCUT2D eigenvalue weighted by atomic mass is 9.93. The third-order valence-corrected chi connectivity index (χ3v) is 5.24. The summed E-state index contributed by atoms with van der Waals surface area (Å²) in [5.74, 6) is -0.213. The van der Waals surface area contributed by atoms with Crippen LogP contribution in [0.3, 0.4) is 0 Å². The number of benzene rings is 2. The van der Waals surface area contributed by atoms with Gasteiger partial charge in [0.2, 0.25) is 0 Å². The summed E-state index contributed by atoms with van der Waals surface area (Å²) in [4.78, 5) is 24.3. The number of carbonyl (C=O) groups is 2. The van der Waals surface area contributed by atoms with Crippen LogP contribution in [0.5, 0.6) is 5.75 Å². The molecule has 2 rings (SSSR count). The van der Waals surface area contributed by atoms with E-state index < -0.39 is 5.97 Å². The molecule has 168 valence electrons. The van der Waals surface area contributed by atoms with E-state index in [-0.39, 0.29) is 25.1 Å². The molecule has 0 heterocycles. The highest BCUT2D eigenvalue weighted by atomic mass is 16.5.